The molecule has 3 unspecified atom stereocenters. The smallest absolute Gasteiger partial charge is 0.354 e. The molecule has 1 aromatic carbocycles. The Morgan fingerprint density at radius 2 is 1.82 bits per heavy atom. The molecule has 0 radical (unpaired) electrons. The standard InChI is InChI=1S/C20H28F3N3O.ClH/c1-13(2)14-3-5-15(6-4-14)16-11-17(16)19(27)25-12-18(20(21,22)23)26-9-7-24-8-10-26;/h3-6,13,16-18,24H,7-12H2,1-2H3,(H,25,27);1H. The first-order valence-electron chi connectivity index (χ1n) is 9.66. The number of alkyl halides is 3. The van der Waals surface area contributed by atoms with E-state index in [-0.39, 0.29) is 36.7 Å². The van der Waals surface area contributed by atoms with E-state index in [1.807, 2.05) is 12.1 Å². The number of amides is 1. The van der Waals surface area contributed by atoms with Crippen molar-refractivity contribution in [1.82, 2.24) is 15.5 Å². The van der Waals surface area contributed by atoms with Gasteiger partial charge in [0.1, 0.15) is 6.04 Å². The summed E-state index contributed by atoms with van der Waals surface area (Å²) >= 11 is 0. The molecule has 1 aromatic rings. The largest absolute Gasteiger partial charge is 0.405 e. The molecule has 1 amide bonds. The first kappa shape index (κ1) is 23.0. The van der Waals surface area contributed by atoms with Gasteiger partial charge in [-0.1, -0.05) is 38.1 Å². The number of halogens is 4. The van der Waals surface area contributed by atoms with Crippen LogP contribution in [0.3, 0.4) is 0 Å². The Morgan fingerprint density at radius 3 is 2.36 bits per heavy atom. The summed E-state index contributed by atoms with van der Waals surface area (Å²) in [5, 5.41) is 5.61. The van der Waals surface area contributed by atoms with Crippen molar-refractivity contribution >= 4 is 18.3 Å². The Morgan fingerprint density at radius 1 is 1.21 bits per heavy atom. The normalized spacial score (nSPS) is 23.8. The minimum atomic E-state index is -4.35. The lowest BCUT2D eigenvalue weighted by Crippen LogP contribution is -2.57. The highest BCUT2D eigenvalue weighted by molar-refractivity contribution is 5.85. The molecule has 1 saturated heterocycles. The number of benzene rings is 1. The van der Waals surface area contributed by atoms with Crippen LogP contribution in [0.4, 0.5) is 13.2 Å². The molecule has 28 heavy (non-hydrogen) atoms. The summed E-state index contributed by atoms with van der Waals surface area (Å²) in [5.41, 5.74) is 2.33. The predicted molar refractivity (Wildman–Crippen MR) is 106 cm³/mol. The fraction of sp³-hybridized carbons (Fsp3) is 0.650. The van der Waals surface area contributed by atoms with Crippen LogP contribution in [0.2, 0.25) is 0 Å². The number of rotatable bonds is 6. The molecular weight excluding hydrogens is 391 g/mol. The third-order valence-electron chi connectivity index (χ3n) is 5.60. The number of hydrogen-bond acceptors (Lipinski definition) is 3. The van der Waals surface area contributed by atoms with Gasteiger partial charge in [-0.15, -0.1) is 12.4 Å². The maximum absolute atomic E-state index is 13.4. The summed E-state index contributed by atoms with van der Waals surface area (Å²) in [4.78, 5) is 13.8. The average Bonchev–Trinajstić information content (AvgIpc) is 3.42. The number of piperazine rings is 1. The molecule has 4 nitrogen and oxygen atoms in total. The fourth-order valence-corrected chi connectivity index (χ4v) is 3.76. The second-order valence-electron chi connectivity index (χ2n) is 7.86. The zero-order valence-electron chi connectivity index (χ0n) is 16.3. The Bertz CT molecular complexity index is 645. The van der Waals surface area contributed by atoms with Crippen molar-refractivity contribution < 1.29 is 18.0 Å². The number of carbonyl (C=O) groups excluding carboxylic acids is 1. The van der Waals surface area contributed by atoms with Gasteiger partial charge in [-0.05, 0) is 29.4 Å². The monoisotopic (exact) mass is 419 g/mol. The van der Waals surface area contributed by atoms with Crippen LogP contribution in [-0.4, -0.2) is 55.7 Å². The molecule has 2 fully saturated rings. The second-order valence-corrected chi connectivity index (χ2v) is 7.86. The molecule has 1 saturated carbocycles. The quantitative estimate of drug-likeness (QED) is 0.743. The summed E-state index contributed by atoms with van der Waals surface area (Å²) in [7, 11) is 0. The van der Waals surface area contributed by atoms with Crippen LogP contribution in [0.25, 0.3) is 0 Å². The van der Waals surface area contributed by atoms with Crippen LogP contribution in [-0.2, 0) is 4.79 Å². The van der Waals surface area contributed by atoms with Gasteiger partial charge in [0, 0.05) is 38.6 Å². The van der Waals surface area contributed by atoms with E-state index in [0.29, 0.717) is 38.5 Å². The lowest BCUT2D eigenvalue weighted by molar-refractivity contribution is -0.184. The van der Waals surface area contributed by atoms with Gasteiger partial charge in [-0.25, -0.2) is 0 Å². The Balaban J connectivity index is 0.00000280. The van der Waals surface area contributed by atoms with Crippen LogP contribution in [0, 0.1) is 5.92 Å². The molecule has 1 aliphatic carbocycles. The van der Waals surface area contributed by atoms with E-state index in [2.05, 4.69) is 36.6 Å². The minimum absolute atomic E-state index is 0. The maximum Gasteiger partial charge on any atom is 0.405 e. The molecule has 0 spiro atoms. The third kappa shape index (κ3) is 5.61. The Hall–Kier alpha value is -1.31. The maximum atomic E-state index is 13.4. The van der Waals surface area contributed by atoms with Crippen molar-refractivity contribution in [2.45, 2.75) is 44.3 Å². The molecule has 0 bridgehead atoms. The second kappa shape index (κ2) is 9.46. The minimum Gasteiger partial charge on any atom is -0.354 e. The van der Waals surface area contributed by atoms with E-state index in [1.165, 1.54) is 10.5 Å². The van der Waals surface area contributed by atoms with E-state index in [1.54, 1.807) is 0 Å². The van der Waals surface area contributed by atoms with E-state index in [4.69, 9.17) is 0 Å². The fourth-order valence-electron chi connectivity index (χ4n) is 3.76. The zero-order chi connectivity index (χ0) is 19.6. The molecule has 2 aliphatic rings. The third-order valence-corrected chi connectivity index (χ3v) is 5.60. The zero-order valence-corrected chi connectivity index (χ0v) is 17.1. The van der Waals surface area contributed by atoms with Crippen molar-refractivity contribution in [3.63, 3.8) is 0 Å². The van der Waals surface area contributed by atoms with Crippen molar-refractivity contribution in [3.8, 4) is 0 Å². The van der Waals surface area contributed by atoms with E-state index < -0.39 is 12.2 Å². The molecule has 3 atom stereocenters. The highest BCUT2D eigenvalue weighted by Gasteiger charge is 2.47. The molecule has 0 aromatic heterocycles. The molecule has 158 valence electrons. The lowest BCUT2D eigenvalue weighted by atomic mass is 10.00. The first-order valence-corrected chi connectivity index (χ1v) is 9.66. The summed E-state index contributed by atoms with van der Waals surface area (Å²) in [5.74, 6) is 0.0838. The summed E-state index contributed by atoms with van der Waals surface area (Å²) in [6.07, 6.45) is -3.64. The van der Waals surface area contributed by atoms with E-state index >= 15 is 0 Å². The Labute approximate surface area is 170 Å². The SMILES string of the molecule is CC(C)c1ccc(C2CC2C(=O)NCC(N2CCNCC2)C(F)(F)F)cc1.Cl. The van der Waals surface area contributed by atoms with Crippen molar-refractivity contribution in [3.05, 3.63) is 35.4 Å². The van der Waals surface area contributed by atoms with Gasteiger partial charge in [0.25, 0.3) is 0 Å². The van der Waals surface area contributed by atoms with Crippen molar-refractivity contribution in [1.29, 1.82) is 0 Å². The first-order chi connectivity index (χ1) is 12.8. The summed E-state index contributed by atoms with van der Waals surface area (Å²) < 4.78 is 40.2. The van der Waals surface area contributed by atoms with Gasteiger partial charge in [0.2, 0.25) is 5.91 Å². The highest BCUT2D eigenvalue weighted by atomic mass is 35.5. The molecule has 8 heteroatoms. The number of nitrogens with one attached hydrogen (secondary N) is 2. The van der Waals surface area contributed by atoms with E-state index in [9.17, 15) is 18.0 Å². The van der Waals surface area contributed by atoms with Crippen LogP contribution in [0.1, 0.15) is 43.2 Å². The predicted octanol–water partition coefficient (Wildman–Crippen LogP) is 3.29. The molecule has 1 aliphatic heterocycles. The van der Waals surface area contributed by atoms with Gasteiger partial charge < -0.3 is 10.6 Å². The van der Waals surface area contributed by atoms with Gasteiger partial charge >= 0.3 is 6.18 Å². The van der Waals surface area contributed by atoms with E-state index in [0.717, 1.165) is 5.56 Å². The van der Waals surface area contributed by atoms with Gasteiger partial charge in [-0.2, -0.15) is 13.2 Å². The van der Waals surface area contributed by atoms with Crippen LogP contribution in [0.15, 0.2) is 24.3 Å². The van der Waals surface area contributed by atoms with Crippen molar-refractivity contribution in [2.75, 3.05) is 32.7 Å². The molecular formula is C20H29ClF3N3O. The average molecular weight is 420 g/mol. The Kier molecular flexibility index (Phi) is 7.76. The summed E-state index contributed by atoms with van der Waals surface area (Å²) in [6, 6.07) is 6.58. The van der Waals surface area contributed by atoms with Gasteiger partial charge in [-0.3, -0.25) is 9.69 Å². The van der Waals surface area contributed by atoms with Gasteiger partial charge in [0.05, 0.1) is 0 Å². The van der Waals surface area contributed by atoms with Gasteiger partial charge in [0.15, 0.2) is 0 Å². The van der Waals surface area contributed by atoms with Crippen LogP contribution >= 0.6 is 12.4 Å². The van der Waals surface area contributed by atoms with Crippen LogP contribution in [0.5, 0.6) is 0 Å². The molecule has 3 rings (SSSR count). The lowest BCUT2D eigenvalue weighted by Gasteiger charge is -2.35. The topological polar surface area (TPSA) is 44.4 Å². The molecule has 1 heterocycles. The highest BCUT2D eigenvalue weighted by Crippen LogP contribution is 2.47. The number of carbonyl (C=O) groups is 1. The number of hydrogen-bond donors (Lipinski definition) is 2. The van der Waals surface area contributed by atoms with Crippen LogP contribution < -0.4 is 10.6 Å². The molecule has 2 N–H and O–H groups in total. The summed E-state index contributed by atoms with van der Waals surface area (Å²) in [6.45, 7) is 5.63. The van der Waals surface area contributed by atoms with Crippen molar-refractivity contribution in [2.24, 2.45) is 5.92 Å². The number of nitrogens with zero attached hydrogens (tertiary/aromatic N) is 1.